The zero-order chi connectivity index (χ0) is 25.6. The summed E-state index contributed by atoms with van der Waals surface area (Å²) < 4.78 is 26.6. The Morgan fingerprint density at radius 1 is 1.03 bits per heavy atom. The lowest BCUT2D eigenvalue weighted by atomic mass is 10.1. The van der Waals surface area contributed by atoms with E-state index in [4.69, 9.17) is 23.2 Å². The first-order valence-corrected chi connectivity index (χ1v) is 13.5. The molecular weight excluding hydrogens is 497 g/mol. The van der Waals surface area contributed by atoms with Crippen molar-refractivity contribution in [1.82, 2.24) is 10.2 Å². The highest BCUT2D eigenvalue weighted by molar-refractivity contribution is 7.92. The summed E-state index contributed by atoms with van der Waals surface area (Å²) in [6, 6.07) is 9.48. The second kappa shape index (κ2) is 11.9. The van der Waals surface area contributed by atoms with Gasteiger partial charge in [-0.15, -0.1) is 0 Å². The smallest absolute Gasteiger partial charge is 0.244 e. The molecule has 0 heterocycles. The van der Waals surface area contributed by atoms with Crippen molar-refractivity contribution in [1.29, 1.82) is 0 Å². The van der Waals surface area contributed by atoms with Crippen LogP contribution in [0, 0.1) is 13.8 Å². The monoisotopic (exact) mass is 527 g/mol. The van der Waals surface area contributed by atoms with E-state index in [0.29, 0.717) is 39.0 Å². The maximum atomic E-state index is 13.6. The molecule has 0 aromatic heterocycles. The Hall–Kier alpha value is -2.29. The standard InChI is InChI=1S/C24H31Cl2N3O4S/c1-6-13-27-24(31)18(4)28(14-19-20(25)11-8-12-21(19)26)22(30)15-29(34(5,32)33)23-16(2)9-7-10-17(23)3/h7-12,18H,6,13-15H2,1-5H3,(H,27,31). The van der Waals surface area contributed by atoms with Crippen LogP contribution in [0.2, 0.25) is 10.0 Å². The molecule has 2 rings (SSSR count). The minimum atomic E-state index is -3.81. The number of hydrogen-bond donors (Lipinski definition) is 1. The van der Waals surface area contributed by atoms with Crippen LogP contribution in [0.5, 0.6) is 0 Å². The summed E-state index contributed by atoms with van der Waals surface area (Å²) in [4.78, 5) is 27.7. The van der Waals surface area contributed by atoms with Crippen LogP contribution in [-0.4, -0.2) is 50.5 Å². The van der Waals surface area contributed by atoms with E-state index in [-0.39, 0.29) is 12.5 Å². The van der Waals surface area contributed by atoms with E-state index in [0.717, 1.165) is 17.0 Å². The van der Waals surface area contributed by atoms with Gasteiger partial charge in [0.2, 0.25) is 21.8 Å². The van der Waals surface area contributed by atoms with Crippen molar-refractivity contribution < 1.29 is 18.0 Å². The van der Waals surface area contributed by atoms with Gasteiger partial charge in [-0.05, 0) is 50.5 Å². The molecule has 7 nitrogen and oxygen atoms in total. The number of amides is 2. The number of anilines is 1. The molecule has 0 spiro atoms. The van der Waals surface area contributed by atoms with E-state index in [1.54, 1.807) is 51.1 Å². The zero-order valence-electron chi connectivity index (χ0n) is 20.1. The lowest BCUT2D eigenvalue weighted by Crippen LogP contribution is -2.51. The molecule has 0 aliphatic rings. The van der Waals surface area contributed by atoms with Crippen LogP contribution in [0.4, 0.5) is 5.69 Å². The van der Waals surface area contributed by atoms with E-state index in [9.17, 15) is 18.0 Å². The SMILES string of the molecule is CCCNC(=O)C(C)N(Cc1c(Cl)cccc1Cl)C(=O)CN(c1c(C)cccc1C)S(C)(=O)=O. The van der Waals surface area contributed by atoms with Gasteiger partial charge in [-0.3, -0.25) is 13.9 Å². The summed E-state index contributed by atoms with van der Waals surface area (Å²) in [5, 5.41) is 3.48. The Morgan fingerprint density at radius 3 is 2.06 bits per heavy atom. The lowest BCUT2D eigenvalue weighted by molar-refractivity contribution is -0.139. The van der Waals surface area contributed by atoms with Gasteiger partial charge in [0, 0.05) is 28.7 Å². The van der Waals surface area contributed by atoms with Gasteiger partial charge in [0.15, 0.2) is 0 Å². The Morgan fingerprint density at radius 2 is 1.56 bits per heavy atom. The summed E-state index contributed by atoms with van der Waals surface area (Å²) in [6.45, 7) is 7.01. The molecule has 1 unspecified atom stereocenters. The number of nitrogens with one attached hydrogen (secondary N) is 1. The van der Waals surface area contributed by atoms with E-state index in [1.165, 1.54) is 4.90 Å². The lowest BCUT2D eigenvalue weighted by Gasteiger charge is -2.32. The third kappa shape index (κ3) is 6.87. The van der Waals surface area contributed by atoms with Crippen molar-refractivity contribution in [3.8, 4) is 0 Å². The number of hydrogen-bond acceptors (Lipinski definition) is 4. The topological polar surface area (TPSA) is 86.8 Å². The summed E-state index contributed by atoms with van der Waals surface area (Å²) >= 11 is 12.7. The molecule has 0 aliphatic carbocycles. The van der Waals surface area contributed by atoms with Crippen LogP contribution in [-0.2, 0) is 26.2 Å². The van der Waals surface area contributed by atoms with Crippen LogP contribution < -0.4 is 9.62 Å². The first-order valence-electron chi connectivity index (χ1n) is 10.9. The molecule has 0 aliphatic heterocycles. The first-order chi connectivity index (χ1) is 15.9. The van der Waals surface area contributed by atoms with Gasteiger partial charge in [-0.25, -0.2) is 8.42 Å². The number of rotatable bonds is 10. The van der Waals surface area contributed by atoms with E-state index in [2.05, 4.69) is 5.32 Å². The van der Waals surface area contributed by atoms with Crippen molar-refractivity contribution in [3.63, 3.8) is 0 Å². The normalized spacial score (nSPS) is 12.2. The second-order valence-corrected chi connectivity index (χ2v) is 10.9. The molecule has 2 amide bonds. The minimum absolute atomic E-state index is 0.0532. The average Bonchev–Trinajstić information content (AvgIpc) is 2.75. The maximum absolute atomic E-state index is 13.6. The minimum Gasteiger partial charge on any atom is -0.354 e. The van der Waals surface area contributed by atoms with E-state index < -0.39 is 28.5 Å². The van der Waals surface area contributed by atoms with Gasteiger partial charge < -0.3 is 10.2 Å². The molecule has 1 N–H and O–H groups in total. The highest BCUT2D eigenvalue weighted by Gasteiger charge is 2.31. The molecule has 34 heavy (non-hydrogen) atoms. The van der Waals surface area contributed by atoms with Gasteiger partial charge in [0.1, 0.15) is 12.6 Å². The number of aryl methyl sites for hydroxylation is 2. The third-order valence-corrected chi connectivity index (χ3v) is 7.30. The fourth-order valence-electron chi connectivity index (χ4n) is 3.61. The number of benzene rings is 2. The molecule has 1 atom stereocenters. The number of carbonyl (C=O) groups excluding carboxylic acids is 2. The number of sulfonamides is 1. The fourth-order valence-corrected chi connectivity index (χ4v) is 5.09. The van der Waals surface area contributed by atoms with Crippen LogP contribution in [0.3, 0.4) is 0 Å². The van der Waals surface area contributed by atoms with Crippen molar-refractivity contribution in [3.05, 3.63) is 63.1 Å². The number of para-hydroxylation sites is 1. The molecule has 0 radical (unpaired) electrons. The third-order valence-electron chi connectivity index (χ3n) is 5.47. The Kier molecular flexibility index (Phi) is 9.79. The predicted octanol–water partition coefficient (Wildman–Crippen LogP) is 4.32. The Labute approximate surface area is 212 Å². The predicted molar refractivity (Wildman–Crippen MR) is 138 cm³/mol. The van der Waals surface area contributed by atoms with E-state index >= 15 is 0 Å². The summed E-state index contributed by atoms with van der Waals surface area (Å²) in [5.41, 5.74) is 2.35. The summed E-state index contributed by atoms with van der Waals surface area (Å²) in [7, 11) is -3.81. The highest BCUT2D eigenvalue weighted by atomic mass is 35.5. The number of halogens is 2. The van der Waals surface area contributed by atoms with Crippen molar-refractivity contribution in [2.75, 3.05) is 23.7 Å². The van der Waals surface area contributed by atoms with Crippen molar-refractivity contribution in [2.24, 2.45) is 0 Å². The van der Waals surface area contributed by atoms with Crippen LogP contribution >= 0.6 is 23.2 Å². The van der Waals surface area contributed by atoms with Gasteiger partial charge in [-0.1, -0.05) is 54.4 Å². The number of nitrogens with zero attached hydrogens (tertiary/aromatic N) is 2. The Bertz CT molecular complexity index is 1110. The molecule has 0 fully saturated rings. The molecule has 0 saturated carbocycles. The van der Waals surface area contributed by atoms with Gasteiger partial charge in [0.05, 0.1) is 11.9 Å². The van der Waals surface area contributed by atoms with Crippen LogP contribution in [0.25, 0.3) is 0 Å². The van der Waals surface area contributed by atoms with Crippen molar-refractivity contribution >= 4 is 50.7 Å². The molecule has 2 aromatic rings. The quantitative estimate of drug-likeness (QED) is 0.498. The average molecular weight is 529 g/mol. The fraction of sp³-hybridized carbons (Fsp3) is 0.417. The van der Waals surface area contributed by atoms with Gasteiger partial charge in [0.25, 0.3) is 0 Å². The Balaban J connectivity index is 2.49. The molecule has 2 aromatic carbocycles. The van der Waals surface area contributed by atoms with Gasteiger partial charge in [-0.2, -0.15) is 0 Å². The van der Waals surface area contributed by atoms with E-state index in [1.807, 2.05) is 13.0 Å². The largest absolute Gasteiger partial charge is 0.354 e. The molecular formula is C24H31Cl2N3O4S. The molecule has 0 bridgehead atoms. The molecule has 0 saturated heterocycles. The van der Waals surface area contributed by atoms with Gasteiger partial charge >= 0.3 is 0 Å². The van der Waals surface area contributed by atoms with Crippen LogP contribution in [0.15, 0.2) is 36.4 Å². The first kappa shape index (κ1) is 28.0. The number of carbonyl (C=O) groups is 2. The molecule has 10 heteroatoms. The molecule has 186 valence electrons. The summed E-state index contributed by atoms with van der Waals surface area (Å²) in [5.74, 6) is -0.903. The highest BCUT2D eigenvalue weighted by Crippen LogP contribution is 2.29. The summed E-state index contributed by atoms with van der Waals surface area (Å²) in [6.07, 6.45) is 1.79. The van der Waals surface area contributed by atoms with Crippen LogP contribution in [0.1, 0.15) is 37.0 Å². The zero-order valence-corrected chi connectivity index (χ0v) is 22.4. The second-order valence-electron chi connectivity index (χ2n) is 8.20. The maximum Gasteiger partial charge on any atom is 0.244 e. The van der Waals surface area contributed by atoms with Crippen molar-refractivity contribution in [2.45, 2.75) is 46.7 Å².